The lowest BCUT2D eigenvalue weighted by atomic mass is 10.0. The van der Waals surface area contributed by atoms with Crippen molar-refractivity contribution in [2.24, 2.45) is 0 Å². The van der Waals surface area contributed by atoms with Gasteiger partial charge >= 0.3 is 0 Å². The lowest BCUT2D eigenvalue weighted by Crippen LogP contribution is -2.54. The summed E-state index contributed by atoms with van der Waals surface area (Å²) in [5, 5.41) is 8.43. The van der Waals surface area contributed by atoms with E-state index in [0.717, 1.165) is 16.7 Å². The highest BCUT2D eigenvalue weighted by Crippen LogP contribution is 2.17. The van der Waals surface area contributed by atoms with Crippen molar-refractivity contribution in [1.29, 1.82) is 0 Å². The molecule has 41 heavy (non-hydrogen) atoms. The number of methoxy groups -OCH3 is 1. The molecule has 10 nitrogen and oxygen atoms in total. The van der Waals surface area contributed by atoms with E-state index < -0.39 is 23.9 Å². The number of carbonyl (C=O) groups is 4. The maximum Gasteiger partial charge on any atom is 0.243 e. The zero-order chi connectivity index (χ0) is 29.8. The van der Waals surface area contributed by atoms with Gasteiger partial charge in [-0.2, -0.15) is 0 Å². The van der Waals surface area contributed by atoms with Gasteiger partial charge in [0, 0.05) is 33.0 Å². The minimum absolute atomic E-state index is 0.0493. The lowest BCUT2D eigenvalue weighted by Gasteiger charge is -2.31. The predicted octanol–water partition coefficient (Wildman–Crippen LogP) is 2.27. The molecule has 0 radical (unpaired) electrons. The van der Waals surface area contributed by atoms with Crippen molar-refractivity contribution in [3.63, 3.8) is 0 Å². The second-order valence-corrected chi connectivity index (χ2v) is 10.4. The summed E-state index contributed by atoms with van der Waals surface area (Å²) in [4.78, 5) is 53.2. The van der Waals surface area contributed by atoms with Crippen molar-refractivity contribution in [2.75, 3.05) is 26.8 Å². The Hall–Kier alpha value is -3.92. The third-order valence-electron chi connectivity index (χ3n) is 7.14. The fraction of sp³-hybridized carbons (Fsp3) is 0.484. The number of amides is 4. The predicted molar refractivity (Wildman–Crippen MR) is 155 cm³/mol. The molecule has 1 heterocycles. The average molecular weight is 567 g/mol. The SMILES string of the molecule is COc1ccc(C)c(CNC(=O)C(CCc2ccccc2)NC(=O)[C@H](CCC(=O)N2CCOC(C)C2)NC(C)=O)c1. The van der Waals surface area contributed by atoms with E-state index in [1.807, 2.05) is 62.4 Å². The van der Waals surface area contributed by atoms with Gasteiger partial charge in [-0.15, -0.1) is 0 Å². The Morgan fingerprint density at radius 1 is 1.02 bits per heavy atom. The number of carbonyl (C=O) groups excluding carboxylic acids is 4. The van der Waals surface area contributed by atoms with Crippen molar-refractivity contribution < 1.29 is 28.7 Å². The number of benzene rings is 2. The van der Waals surface area contributed by atoms with Gasteiger partial charge in [0.1, 0.15) is 17.8 Å². The van der Waals surface area contributed by atoms with Gasteiger partial charge in [-0.1, -0.05) is 36.4 Å². The number of hydrogen-bond acceptors (Lipinski definition) is 6. The Labute approximate surface area is 242 Å². The van der Waals surface area contributed by atoms with E-state index in [9.17, 15) is 19.2 Å². The number of rotatable bonds is 13. The first-order valence-corrected chi connectivity index (χ1v) is 14.1. The quantitative estimate of drug-likeness (QED) is 0.342. The number of nitrogens with zero attached hydrogens (tertiary/aromatic N) is 1. The van der Waals surface area contributed by atoms with Crippen LogP contribution in [0.4, 0.5) is 0 Å². The van der Waals surface area contributed by atoms with Crippen LogP contribution in [0.3, 0.4) is 0 Å². The second kappa shape index (κ2) is 15.8. The lowest BCUT2D eigenvalue weighted by molar-refractivity contribution is -0.139. The first-order valence-electron chi connectivity index (χ1n) is 14.1. The minimum atomic E-state index is -0.956. The van der Waals surface area contributed by atoms with Gasteiger partial charge in [-0.25, -0.2) is 0 Å². The van der Waals surface area contributed by atoms with Gasteiger partial charge < -0.3 is 30.3 Å². The van der Waals surface area contributed by atoms with Crippen LogP contribution in [0.1, 0.15) is 49.8 Å². The fourth-order valence-corrected chi connectivity index (χ4v) is 4.75. The summed E-state index contributed by atoms with van der Waals surface area (Å²) in [5.74, 6) is -0.648. The van der Waals surface area contributed by atoms with Crippen LogP contribution < -0.4 is 20.7 Å². The van der Waals surface area contributed by atoms with Gasteiger partial charge in [0.05, 0.1) is 19.8 Å². The third kappa shape index (κ3) is 10.2. The molecule has 2 aromatic carbocycles. The molecule has 2 aromatic rings. The summed E-state index contributed by atoms with van der Waals surface area (Å²) in [7, 11) is 1.59. The standard InChI is InChI=1S/C31H42N4O6/c1-21-10-12-26(40-4)18-25(21)19-32-30(38)27(13-11-24-8-6-5-7-9-24)34-31(39)28(33-23(3)36)14-15-29(37)35-16-17-41-22(2)20-35/h5-10,12,18,22,27-28H,11,13-17,19-20H2,1-4H3,(H,32,38)(H,33,36)(H,34,39)/t22?,27?,28-/m0/s1. The number of morpholine rings is 1. The molecule has 0 aromatic heterocycles. The van der Waals surface area contributed by atoms with Gasteiger partial charge in [0.25, 0.3) is 0 Å². The summed E-state index contributed by atoms with van der Waals surface area (Å²) < 4.78 is 10.8. The molecule has 1 fully saturated rings. The summed E-state index contributed by atoms with van der Waals surface area (Å²) in [6.45, 7) is 6.90. The first-order chi connectivity index (χ1) is 19.7. The first kappa shape index (κ1) is 31.6. The monoisotopic (exact) mass is 566 g/mol. The molecule has 4 amide bonds. The molecule has 3 rings (SSSR count). The van der Waals surface area contributed by atoms with Crippen LogP contribution in [0.5, 0.6) is 5.75 Å². The zero-order valence-electron chi connectivity index (χ0n) is 24.4. The van der Waals surface area contributed by atoms with Crippen molar-refractivity contribution >= 4 is 23.6 Å². The smallest absolute Gasteiger partial charge is 0.243 e. The molecule has 1 saturated heterocycles. The molecule has 0 bridgehead atoms. The van der Waals surface area contributed by atoms with Gasteiger partial charge in [0.2, 0.25) is 23.6 Å². The van der Waals surface area contributed by atoms with E-state index >= 15 is 0 Å². The Kier molecular flexibility index (Phi) is 12.1. The van der Waals surface area contributed by atoms with Crippen molar-refractivity contribution in [2.45, 2.75) is 71.2 Å². The summed E-state index contributed by atoms with van der Waals surface area (Å²) in [6.07, 6.45) is 1.07. The molecule has 0 aliphatic carbocycles. The molecule has 1 aliphatic rings. The van der Waals surface area contributed by atoms with Crippen LogP contribution >= 0.6 is 0 Å². The van der Waals surface area contributed by atoms with E-state index in [0.29, 0.717) is 38.3 Å². The third-order valence-corrected chi connectivity index (χ3v) is 7.14. The molecule has 0 spiro atoms. The van der Waals surface area contributed by atoms with Gasteiger partial charge in [-0.3, -0.25) is 19.2 Å². The molecule has 3 atom stereocenters. The Balaban J connectivity index is 1.68. The average Bonchev–Trinajstić information content (AvgIpc) is 2.96. The van der Waals surface area contributed by atoms with Crippen LogP contribution in [0.25, 0.3) is 0 Å². The van der Waals surface area contributed by atoms with E-state index in [4.69, 9.17) is 9.47 Å². The number of ether oxygens (including phenoxy) is 2. The van der Waals surface area contributed by atoms with Crippen molar-refractivity contribution in [3.05, 3.63) is 65.2 Å². The Morgan fingerprint density at radius 3 is 2.44 bits per heavy atom. The fourth-order valence-electron chi connectivity index (χ4n) is 4.75. The van der Waals surface area contributed by atoms with Crippen molar-refractivity contribution in [3.8, 4) is 5.75 Å². The molecular formula is C31H42N4O6. The van der Waals surface area contributed by atoms with Crippen LogP contribution in [-0.2, 0) is 36.9 Å². The van der Waals surface area contributed by atoms with Crippen LogP contribution in [0, 0.1) is 6.92 Å². The maximum absolute atomic E-state index is 13.4. The highest BCUT2D eigenvalue weighted by molar-refractivity contribution is 5.92. The largest absolute Gasteiger partial charge is 0.497 e. The number of aryl methyl sites for hydroxylation is 2. The van der Waals surface area contributed by atoms with E-state index in [-0.39, 0.29) is 37.3 Å². The van der Waals surface area contributed by atoms with E-state index in [1.165, 1.54) is 6.92 Å². The highest BCUT2D eigenvalue weighted by Gasteiger charge is 2.28. The maximum atomic E-state index is 13.4. The minimum Gasteiger partial charge on any atom is -0.497 e. The Bertz CT molecular complexity index is 1190. The van der Waals surface area contributed by atoms with E-state index in [2.05, 4.69) is 16.0 Å². The Morgan fingerprint density at radius 2 is 1.76 bits per heavy atom. The summed E-state index contributed by atoms with van der Waals surface area (Å²) in [6, 6.07) is 13.5. The normalized spacial score (nSPS) is 16.3. The molecule has 10 heteroatoms. The van der Waals surface area contributed by atoms with Crippen LogP contribution in [-0.4, -0.2) is 73.5 Å². The van der Waals surface area contributed by atoms with Gasteiger partial charge in [0.15, 0.2) is 0 Å². The molecule has 222 valence electrons. The second-order valence-electron chi connectivity index (χ2n) is 10.4. The molecule has 2 unspecified atom stereocenters. The summed E-state index contributed by atoms with van der Waals surface area (Å²) in [5.41, 5.74) is 2.94. The van der Waals surface area contributed by atoms with Crippen LogP contribution in [0.15, 0.2) is 48.5 Å². The topological polar surface area (TPSA) is 126 Å². The van der Waals surface area contributed by atoms with Crippen molar-refractivity contribution in [1.82, 2.24) is 20.9 Å². The number of nitrogens with one attached hydrogen (secondary N) is 3. The molecule has 0 saturated carbocycles. The molecular weight excluding hydrogens is 524 g/mol. The number of hydrogen-bond donors (Lipinski definition) is 3. The molecule has 1 aliphatic heterocycles. The van der Waals surface area contributed by atoms with E-state index in [1.54, 1.807) is 12.0 Å². The van der Waals surface area contributed by atoms with Crippen LogP contribution in [0.2, 0.25) is 0 Å². The molecule has 3 N–H and O–H groups in total. The highest BCUT2D eigenvalue weighted by atomic mass is 16.5. The zero-order valence-corrected chi connectivity index (χ0v) is 24.4. The van der Waals surface area contributed by atoms with Gasteiger partial charge in [-0.05, 0) is 61.9 Å². The summed E-state index contributed by atoms with van der Waals surface area (Å²) >= 11 is 0.